The summed E-state index contributed by atoms with van der Waals surface area (Å²) in [6, 6.07) is 5.33. The maximum absolute atomic E-state index is 14.2. The fraction of sp³-hybridized carbons (Fsp3) is 0.444. The van der Waals surface area contributed by atoms with Gasteiger partial charge in [-0.3, -0.25) is 20.0 Å². The van der Waals surface area contributed by atoms with Crippen molar-refractivity contribution in [3.05, 3.63) is 54.2 Å². The highest BCUT2D eigenvalue weighted by atomic mass is 19.1. The van der Waals surface area contributed by atoms with E-state index in [9.17, 15) is 14.0 Å². The first-order valence-corrected chi connectivity index (χ1v) is 12.8. The molecule has 2 saturated heterocycles. The summed E-state index contributed by atoms with van der Waals surface area (Å²) in [5, 5.41) is 11.6. The number of anilines is 1. The highest BCUT2D eigenvalue weighted by Gasteiger charge is 2.54. The Balaban J connectivity index is 1.18. The van der Waals surface area contributed by atoms with E-state index in [1.165, 1.54) is 19.3 Å². The molecule has 2 aromatic rings. The summed E-state index contributed by atoms with van der Waals surface area (Å²) in [5.41, 5.74) is 6.30. The molecule has 4 heterocycles. The van der Waals surface area contributed by atoms with Crippen LogP contribution in [0.2, 0.25) is 0 Å². The van der Waals surface area contributed by atoms with Gasteiger partial charge in [-0.25, -0.2) is 9.37 Å². The summed E-state index contributed by atoms with van der Waals surface area (Å²) < 4.78 is 19.2. The molecule has 4 N–H and O–H groups in total. The fourth-order valence-electron chi connectivity index (χ4n) is 5.52. The lowest BCUT2D eigenvalue weighted by Crippen LogP contribution is -2.53. The van der Waals surface area contributed by atoms with Gasteiger partial charge in [-0.15, -0.1) is 0 Å². The van der Waals surface area contributed by atoms with Crippen molar-refractivity contribution in [2.24, 2.45) is 11.7 Å². The molecule has 0 bridgehead atoms. The van der Waals surface area contributed by atoms with Gasteiger partial charge >= 0.3 is 0 Å². The molecule has 3 aliphatic rings. The van der Waals surface area contributed by atoms with Crippen molar-refractivity contribution in [3.63, 3.8) is 0 Å². The van der Waals surface area contributed by atoms with Gasteiger partial charge in [-0.1, -0.05) is 0 Å². The first kappa shape index (κ1) is 25.6. The normalized spacial score (nSPS) is 22.3. The van der Waals surface area contributed by atoms with Gasteiger partial charge in [0.05, 0.1) is 25.2 Å². The number of hydrogen-bond donors (Lipinski definition) is 3. The lowest BCUT2D eigenvalue weighted by Gasteiger charge is -2.40. The molecule has 1 saturated carbocycles. The van der Waals surface area contributed by atoms with Crippen LogP contribution in [-0.4, -0.2) is 70.7 Å². The zero-order valence-electron chi connectivity index (χ0n) is 21.3. The molecule has 1 spiro atoms. The minimum absolute atomic E-state index is 0.0138. The number of nitrogens with two attached hydrogens (primary N) is 1. The predicted octanol–water partition coefficient (Wildman–Crippen LogP) is 2.11. The summed E-state index contributed by atoms with van der Waals surface area (Å²) in [6.45, 7) is 1.99. The summed E-state index contributed by atoms with van der Waals surface area (Å²) in [4.78, 5) is 38.2. The van der Waals surface area contributed by atoms with Crippen LogP contribution in [0, 0.1) is 17.1 Å². The number of likely N-dealkylation sites (tertiary alicyclic amines) is 1. The van der Waals surface area contributed by atoms with E-state index in [2.05, 4.69) is 20.2 Å². The molecule has 1 aliphatic carbocycles. The Kier molecular flexibility index (Phi) is 7.00. The molecule has 3 fully saturated rings. The predicted molar refractivity (Wildman–Crippen MR) is 140 cm³/mol. The second-order valence-electron chi connectivity index (χ2n) is 10.2. The van der Waals surface area contributed by atoms with Gasteiger partial charge in [-0.2, -0.15) is 0 Å². The highest BCUT2D eigenvalue weighted by Crippen LogP contribution is 2.50. The molecule has 2 aromatic heterocycles. The molecule has 2 aliphatic heterocycles. The van der Waals surface area contributed by atoms with E-state index < -0.39 is 17.3 Å². The van der Waals surface area contributed by atoms with Gasteiger partial charge in [0.15, 0.2) is 5.82 Å². The van der Waals surface area contributed by atoms with Crippen molar-refractivity contribution < 1.29 is 18.7 Å². The third-order valence-electron chi connectivity index (χ3n) is 7.77. The molecule has 0 aromatic carbocycles. The van der Waals surface area contributed by atoms with E-state index in [1.807, 2.05) is 18.3 Å². The zero-order valence-corrected chi connectivity index (χ0v) is 21.3. The van der Waals surface area contributed by atoms with Crippen LogP contribution in [0.3, 0.4) is 0 Å². The van der Waals surface area contributed by atoms with Crippen LogP contribution in [0.25, 0.3) is 5.70 Å². The number of rotatable bonds is 7. The van der Waals surface area contributed by atoms with Crippen molar-refractivity contribution in [2.75, 3.05) is 31.6 Å². The number of methoxy groups -OCH3 is 1. The van der Waals surface area contributed by atoms with Gasteiger partial charge in [0.1, 0.15) is 5.71 Å². The number of nitrogens with one attached hydrogen (secondary N) is 2. The topological polar surface area (TPSA) is 138 Å². The third-order valence-corrected chi connectivity index (χ3v) is 7.77. The maximum Gasteiger partial charge on any atom is 0.272 e. The van der Waals surface area contributed by atoms with Crippen molar-refractivity contribution in [1.82, 2.24) is 20.2 Å². The van der Waals surface area contributed by atoms with Crippen LogP contribution in [-0.2, 0) is 9.59 Å². The summed E-state index contributed by atoms with van der Waals surface area (Å²) >= 11 is 0. The Bertz CT molecular complexity index is 1260. The average Bonchev–Trinajstić information content (AvgIpc) is 3.52. The van der Waals surface area contributed by atoms with Crippen LogP contribution < -0.4 is 20.7 Å². The standard InChI is InChI=1S/C27H32FN7O3/c1-38-24-11-20(21(28)15-32-24)22(29)12-23(30)26(37)35-10-4-17(13-27(35)6-7-27)25(36)33-18-5-9-34(16-18)19-3-2-8-31-14-19/h2-3,8,11-12,14-15,17-18,30H,4-7,9-10,13,16,29H2,1H3,(H,33,36)/b22-12-,30-23?/t17-,18+/m0/s1. The number of halogens is 1. The number of nitrogens with zero attached hydrogens (tertiary/aromatic N) is 4. The second kappa shape index (κ2) is 10.4. The van der Waals surface area contributed by atoms with Crippen LogP contribution in [0.15, 0.2) is 42.9 Å². The molecule has 2 atom stereocenters. The number of carbonyl (C=O) groups is 2. The number of aromatic nitrogens is 2. The van der Waals surface area contributed by atoms with Crippen LogP contribution in [0.4, 0.5) is 10.1 Å². The molecule has 38 heavy (non-hydrogen) atoms. The zero-order chi connectivity index (χ0) is 26.9. The quantitative estimate of drug-likeness (QED) is 0.475. The number of carbonyl (C=O) groups excluding carboxylic acids is 2. The Morgan fingerprint density at radius 2 is 2.11 bits per heavy atom. The molecule has 200 valence electrons. The minimum atomic E-state index is -0.670. The number of ether oxygens (including phenoxy) is 1. The first-order chi connectivity index (χ1) is 18.3. The molecule has 2 amide bonds. The summed E-state index contributed by atoms with van der Waals surface area (Å²) in [7, 11) is 1.40. The third kappa shape index (κ3) is 5.18. The van der Waals surface area contributed by atoms with Crippen LogP contribution >= 0.6 is 0 Å². The Morgan fingerprint density at radius 3 is 2.82 bits per heavy atom. The molecule has 5 rings (SSSR count). The Labute approximate surface area is 220 Å². The molecule has 0 radical (unpaired) electrons. The summed E-state index contributed by atoms with van der Waals surface area (Å²) in [6.07, 6.45) is 9.30. The monoisotopic (exact) mass is 521 g/mol. The number of hydrogen-bond acceptors (Lipinski definition) is 8. The van der Waals surface area contributed by atoms with E-state index in [0.717, 1.165) is 44.2 Å². The molecule has 11 heteroatoms. The van der Waals surface area contributed by atoms with E-state index in [4.69, 9.17) is 15.9 Å². The van der Waals surface area contributed by atoms with Gasteiger partial charge in [-0.05, 0) is 50.3 Å². The van der Waals surface area contributed by atoms with Gasteiger partial charge in [0.2, 0.25) is 11.8 Å². The number of pyridine rings is 2. The van der Waals surface area contributed by atoms with Gasteiger partial charge in [0, 0.05) is 60.7 Å². The molecular weight excluding hydrogens is 489 g/mol. The smallest absolute Gasteiger partial charge is 0.272 e. The van der Waals surface area contributed by atoms with Gasteiger partial charge < -0.3 is 25.6 Å². The SMILES string of the molecule is COc1cc(/C(N)=C/C(=N)C(=O)N2CC[C@H](C(=O)N[C@@H]3CCN(c4cccnc4)C3)CC23CC3)c(F)cn1. The Hall–Kier alpha value is -4.02. The van der Waals surface area contributed by atoms with E-state index in [1.54, 1.807) is 11.1 Å². The molecule has 10 nitrogen and oxygen atoms in total. The van der Waals surface area contributed by atoms with Crippen molar-refractivity contribution in [1.29, 1.82) is 5.41 Å². The van der Waals surface area contributed by atoms with E-state index in [0.29, 0.717) is 19.4 Å². The van der Waals surface area contributed by atoms with Crippen molar-refractivity contribution >= 4 is 28.9 Å². The van der Waals surface area contributed by atoms with Crippen molar-refractivity contribution in [2.45, 2.75) is 43.7 Å². The minimum Gasteiger partial charge on any atom is -0.481 e. The van der Waals surface area contributed by atoms with Crippen LogP contribution in [0.1, 0.15) is 37.7 Å². The molecule has 0 unspecified atom stereocenters. The lowest BCUT2D eigenvalue weighted by atomic mass is 9.87. The van der Waals surface area contributed by atoms with Gasteiger partial charge in [0.25, 0.3) is 5.91 Å². The Morgan fingerprint density at radius 1 is 1.29 bits per heavy atom. The molecular formula is C27H32FN7O3. The van der Waals surface area contributed by atoms with Crippen LogP contribution in [0.5, 0.6) is 5.88 Å². The highest BCUT2D eigenvalue weighted by molar-refractivity contribution is 6.43. The fourth-order valence-corrected chi connectivity index (χ4v) is 5.52. The average molecular weight is 522 g/mol. The lowest BCUT2D eigenvalue weighted by molar-refractivity contribution is -0.135. The van der Waals surface area contributed by atoms with E-state index >= 15 is 0 Å². The van der Waals surface area contributed by atoms with Crippen molar-refractivity contribution in [3.8, 4) is 5.88 Å². The number of piperidine rings is 1. The summed E-state index contributed by atoms with van der Waals surface area (Å²) in [5.74, 6) is -1.11. The first-order valence-electron chi connectivity index (χ1n) is 12.8. The maximum atomic E-state index is 14.2. The van der Waals surface area contributed by atoms with E-state index in [-0.39, 0.29) is 40.7 Å². The largest absolute Gasteiger partial charge is 0.481 e. The number of amides is 2. The second-order valence-corrected chi connectivity index (χ2v) is 10.2.